The first-order chi connectivity index (χ1) is 13.6. The number of hydrogen-bond donors (Lipinski definition) is 1. The lowest BCUT2D eigenvalue weighted by atomic mass is 10.2. The summed E-state index contributed by atoms with van der Waals surface area (Å²) in [5.41, 5.74) is 1.63. The molecule has 2 aromatic carbocycles. The largest absolute Gasteiger partial charge is 0.324 e. The molecule has 0 atom stereocenters. The van der Waals surface area contributed by atoms with Crippen LogP contribution in [0.25, 0.3) is 20.7 Å². The predicted octanol–water partition coefficient (Wildman–Crippen LogP) is 6.40. The first-order valence-corrected chi connectivity index (χ1v) is 10.8. The summed E-state index contributed by atoms with van der Waals surface area (Å²) in [4.78, 5) is 23.1. The summed E-state index contributed by atoms with van der Waals surface area (Å²) < 4.78 is 0. The van der Waals surface area contributed by atoms with Gasteiger partial charge in [0.05, 0.1) is 21.5 Å². The van der Waals surface area contributed by atoms with Crippen LogP contribution in [-0.4, -0.2) is 21.6 Å². The van der Waals surface area contributed by atoms with Crippen LogP contribution in [0.5, 0.6) is 0 Å². The Bertz CT molecular complexity index is 1150. The highest BCUT2D eigenvalue weighted by atomic mass is 35.5. The molecule has 2 heterocycles. The maximum atomic E-state index is 12.3. The molecule has 1 N–H and O–H groups in total. The standard InChI is InChI=1S/C20H13Cl2N3OS2/c21-14-7-4-8-15(18(14)22)25-17(26)10-27-19-13-9-16(12-5-2-1-3-6-12)28-20(13)24-11-23-19/h1-9,11H,10H2,(H,25,26). The number of thiophene rings is 1. The summed E-state index contributed by atoms with van der Waals surface area (Å²) in [6, 6.07) is 17.3. The van der Waals surface area contributed by atoms with Gasteiger partial charge in [-0.3, -0.25) is 4.79 Å². The number of carbonyl (C=O) groups is 1. The van der Waals surface area contributed by atoms with E-state index in [1.807, 2.05) is 18.2 Å². The highest BCUT2D eigenvalue weighted by Crippen LogP contribution is 2.36. The molecule has 0 saturated carbocycles. The number of nitrogens with zero attached hydrogens (tertiary/aromatic N) is 2. The number of fused-ring (bicyclic) bond motifs is 1. The van der Waals surface area contributed by atoms with Crippen molar-refractivity contribution in [1.29, 1.82) is 0 Å². The van der Waals surface area contributed by atoms with Gasteiger partial charge in [-0.2, -0.15) is 0 Å². The van der Waals surface area contributed by atoms with Gasteiger partial charge < -0.3 is 5.32 Å². The van der Waals surface area contributed by atoms with E-state index in [-0.39, 0.29) is 11.7 Å². The summed E-state index contributed by atoms with van der Waals surface area (Å²) >= 11 is 15.1. The third-order valence-electron chi connectivity index (χ3n) is 3.92. The fourth-order valence-corrected chi connectivity index (χ4v) is 4.80. The average Bonchev–Trinajstić information content (AvgIpc) is 3.15. The highest BCUT2D eigenvalue weighted by Gasteiger charge is 2.13. The van der Waals surface area contributed by atoms with Gasteiger partial charge in [0.1, 0.15) is 16.2 Å². The van der Waals surface area contributed by atoms with E-state index in [1.54, 1.807) is 29.5 Å². The van der Waals surface area contributed by atoms with Gasteiger partial charge >= 0.3 is 0 Å². The van der Waals surface area contributed by atoms with Gasteiger partial charge in [0, 0.05) is 10.3 Å². The number of rotatable bonds is 5. The van der Waals surface area contributed by atoms with E-state index in [0.29, 0.717) is 15.7 Å². The van der Waals surface area contributed by atoms with Crippen LogP contribution in [0.15, 0.2) is 66.0 Å². The summed E-state index contributed by atoms with van der Waals surface area (Å²) in [5.74, 6) is 0.0188. The monoisotopic (exact) mass is 445 g/mol. The van der Waals surface area contributed by atoms with Gasteiger partial charge in [-0.05, 0) is 23.8 Å². The Hall–Kier alpha value is -2.12. The normalized spacial score (nSPS) is 10.9. The van der Waals surface area contributed by atoms with Crippen LogP contribution in [0.1, 0.15) is 0 Å². The van der Waals surface area contributed by atoms with Gasteiger partial charge in [0.2, 0.25) is 5.91 Å². The topological polar surface area (TPSA) is 54.9 Å². The third-order valence-corrected chi connectivity index (χ3v) is 6.83. The maximum Gasteiger partial charge on any atom is 0.234 e. The van der Waals surface area contributed by atoms with Gasteiger partial charge in [-0.1, -0.05) is 71.4 Å². The molecule has 4 nitrogen and oxygen atoms in total. The number of benzene rings is 2. The second-order valence-corrected chi connectivity index (χ2v) is 8.59. The van der Waals surface area contributed by atoms with Crippen molar-refractivity contribution in [2.75, 3.05) is 11.1 Å². The van der Waals surface area contributed by atoms with E-state index in [2.05, 4.69) is 33.5 Å². The van der Waals surface area contributed by atoms with Crippen molar-refractivity contribution < 1.29 is 4.79 Å². The van der Waals surface area contributed by atoms with Crippen molar-refractivity contribution in [3.8, 4) is 10.4 Å². The molecule has 1 amide bonds. The Morgan fingerprint density at radius 1 is 1.07 bits per heavy atom. The van der Waals surface area contributed by atoms with Crippen LogP contribution in [0.3, 0.4) is 0 Å². The molecule has 0 spiro atoms. The summed E-state index contributed by atoms with van der Waals surface area (Å²) in [7, 11) is 0. The fraction of sp³-hybridized carbons (Fsp3) is 0.0500. The Morgan fingerprint density at radius 3 is 2.71 bits per heavy atom. The zero-order chi connectivity index (χ0) is 19.5. The minimum atomic E-state index is -0.181. The number of thioether (sulfide) groups is 1. The minimum absolute atomic E-state index is 0.181. The van der Waals surface area contributed by atoms with Crippen LogP contribution in [0.4, 0.5) is 5.69 Å². The average molecular weight is 446 g/mol. The van der Waals surface area contributed by atoms with Crippen LogP contribution < -0.4 is 5.32 Å². The first-order valence-electron chi connectivity index (χ1n) is 8.28. The minimum Gasteiger partial charge on any atom is -0.324 e. The van der Waals surface area contributed by atoms with Gasteiger partial charge in [-0.25, -0.2) is 9.97 Å². The Balaban J connectivity index is 1.51. The Kier molecular flexibility index (Phi) is 5.82. The van der Waals surface area contributed by atoms with Crippen LogP contribution >= 0.6 is 46.3 Å². The number of halogens is 2. The molecule has 0 bridgehead atoms. The number of hydrogen-bond acceptors (Lipinski definition) is 5. The lowest BCUT2D eigenvalue weighted by Gasteiger charge is -2.08. The third kappa shape index (κ3) is 4.15. The molecular formula is C20H13Cl2N3OS2. The number of aromatic nitrogens is 2. The zero-order valence-electron chi connectivity index (χ0n) is 14.4. The maximum absolute atomic E-state index is 12.3. The van der Waals surface area contributed by atoms with Crippen molar-refractivity contribution in [2.24, 2.45) is 0 Å². The SMILES string of the molecule is O=C(CSc1ncnc2sc(-c3ccccc3)cc12)Nc1cccc(Cl)c1Cl. The zero-order valence-corrected chi connectivity index (χ0v) is 17.5. The number of nitrogens with one attached hydrogen (secondary N) is 1. The lowest BCUT2D eigenvalue weighted by molar-refractivity contribution is -0.113. The van der Waals surface area contributed by atoms with E-state index in [4.69, 9.17) is 23.2 Å². The molecule has 2 aromatic heterocycles. The number of carbonyl (C=O) groups excluding carboxylic acids is 1. The fourth-order valence-electron chi connectivity index (χ4n) is 2.61. The van der Waals surface area contributed by atoms with E-state index < -0.39 is 0 Å². The summed E-state index contributed by atoms with van der Waals surface area (Å²) in [6.07, 6.45) is 1.53. The molecule has 0 aliphatic carbocycles. The van der Waals surface area contributed by atoms with E-state index in [0.717, 1.165) is 25.7 Å². The van der Waals surface area contributed by atoms with Crippen LogP contribution in [0.2, 0.25) is 10.0 Å². The van der Waals surface area contributed by atoms with Crippen molar-refractivity contribution in [3.05, 3.63) is 71.0 Å². The van der Waals surface area contributed by atoms with Crippen molar-refractivity contribution in [1.82, 2.24) is 9.97 Å². The molecule has 4 rings (SSSR count). The van der Waals surface area contributed by atoms with Crippen molar-refractivity contribution in [2.45, 2.75) is 5.03 Å². The molecule has 140 valence electrons. The van der Waals surface area contributed by atoms with Crippen LogP contribution in [0, 0.1) is 0 Å². The molecule has 28 heavy (non-hydrogen) atoms. The highest BCUT2D eigenvalue weighted by molar-refractivity contribution is 8.00. The van der Waals surface area contributed by atoms with Crippen molar-refractivity contribution >= 4 is 68.1 Å². The summed E-state index contributed by atoms with van der Waals surface area (Å²) in [5, 5.41) is 5.24. The second kappa shape index (κ2) is 8.49. The Labute approximate surface area is 179 Å². The molecule has 0 unspecified atom stereocenters. The second-order valence-electron chi connectivity index (χ2n) is 5.81. The lowest BCUT2D eigenvalue weighted by Crippen LogP contribution is -2.14. The van der Waals surface area contributed by atoms with E-state index >= 15 is 0 Å². The van der Waals surface area contributed by atoms with Gasteiger partial charge in [-0.15, -0.1) is 11.3 Å². The molecule has 8 heteroatoms. The molecule has 0 aliphatic heterocycles. The molecule has 0 aliphatic rings. The Morgan fingerprint density at radius 2 is 1.89 bits per heavy atom. The molecule has 4 aromatic rings. The van der Waals surface area contributed by atoms with E-state index in [9.17, 15) is 4.79 Å². The summed E-state index contributed by atoms with van der Waals surface area (Å²) in [6.45, 7) is 0. The number of anilines is 1. The van der Waals surface area contributed by atoms with Crippen LogP contribution in [-0.2, 0) is 4.79 Å². The molecular weight excluding hydrogens is 433 g/mol. The quantitative estimate of drug-likeness (QED) is 0.285. The predicted molar refractivity (Wildman–Crippen MR) is 119 cm³/mol. The van der Waals surface area contributed by atoms with Crippen molar-refractivity contribution in [3.63, 3.8) is 0 Å². The molecule has 0 fully saturated rings. The molecule has 0 saturated heterocycles. The van der Waals surface area contributed by atoms with Gasteiger partial charge in [0.25, 0.3) is 0 Å². The smallest absolute Gasteiger partial charge is 0.234 e. The molecule has 0 radical (unpaired) electrons. The number of amides is 1. The van der Waals surface area contributed by atoms with E-state index in [1.165, 1.54) is 18.1 Å². The first kappa shape index (κ1) is 19.2. The van der Waals surface area contributed by atoms with Gasteiger partial charge in [0.15, 0.2) is 0 Å².